The van der Waals surface area contributed by atoms with E-state index in [4.69, 9.17) is 9.47 Å². The number of aryl methyl sites for hydroxylation is 1. The number of epoxide rings is 1. The zero-order valence-electron chi connectivity index (χ0n) is 10.7. The van der Waals surface area contributed by atoms with E-state index >= 15 is 0 Å². The average molecular weight is 232 g/mol. The molecule has 0 radical (unpaired) electrons. The van der Waals surface area contributed by atoms with E-state index in [1.54, 1.807) is 0 Å². The summed E-state index contributed by atoms with van der Waals surface area (Å²) in [6.45, 7) is 6.23. The standard InChI is InChI=1S/C15H20O2/c1-15(2)7-3-4-11-8-12(5-6-14(11)15)16-9-13-10-17-13/h5-6,8,13H,3-4,7,9-10H2,1-2H3/t13-/m1/s1. The number of hydrogen-bond acceptors (Lipinski definition) is 2. The molecule has 1 aromatic rings. The fourth-order valence-electron chi connectivity index (χ4n) is 2.74. The predicted octanol–water partition coefficient (Wildman–Crippen LogP) is 3.08. The highest BCUT2D eigenvalue weighted by atomic mass is 16.6. The van der Waals surface area contributed by atoms with Gasteiger partial charge in [0.1, 0.15) is 18.5 Å². The van der Waals surface area contributed by atoms with Crippen molar-refractivity contribution >= 4 is 0 Å². The van der Waals surface area contributed by atoms with Gasteiger partial charge in [0.15, 0.2) is 0 Å². The van der Waals surface area contributed by atoms with Gasteiger partial charge in [0.2, 0.25) is 0 Å². The first-order valence-corrected chi connectivity index (χ1v) is 6.53. The van der Waals surface area contributed by atoms with Crippen LogP contribution in [0.5, 0.6) is 5.75 Å². The third kappa shape index (κ3) is 2.32. The molecule has 1 atom stereocenters. The van der Waals surface area contributed by atoms with Crippen LogP contribution in [0.15, 0.2) is 18.2 Å². The zero-order chi connectivity index (χ0) is 11.9. The highest BCUT2D eigenvalue weighted by Crippen LogP contribution is 2.38. The fraction of sp³-hybridized carbons (Fsp3) is 0.600. The molecule has 0 saturated carbocycles. The Bertz CT molecular complexity index is 419. The maximum absolute atomic E-state index is 5.74. The van der Waals surface area contributed by atoms with E-state index in [9.17, 15) is 0 Å². The molecule has 0 spiro atoms. The van der Waals surface area contributed by atoms with Crippen molar-refractivity contribution < 1.29 is 9.47 Å². The van der Waals surface area contributed by atoms with Gasteiger partial charge in [0.05, 0.1) is 6.61 Å². The molecule has 1 aliphatic carbocycles. The summed E-state index contributed by atoms with van der Waals surface area (Å²) in [5, 5.41) is 0. The highest BCUT2D eigenvalue weighted by Gasteiger charge is 2.28. The second-order valence-corrected chi connectivity index (χ2v) is 5.82. The Morgan fingerprint density at radius 1 is 1.41 bits per heavy atom. The van der Waals surface area contributed by atoms with E-state index in [0.29, 0.717) is 18.1 Å². The molecule has 0 amide bonds. The minimum atomic E-state index is 0.325. The van der Waals surface area contributed by atoms with Crippen molar-refractivity contribution in [2.45, 2.75) is 44.6 Å². The van der Waals surface area contributed by atoms with Crippen LogP contribution in [0.25, 0.3) is 0 Å². The first kappa shape index (κ1) is 11.1. The molecule has 1 aliphatic heterocycles. The molecule has 17 heavy (non-hydrogen) atoms. The Hall–Kier alpha value is -1.02. The van der Waals surface area contributed by atoms with E-state index in [-0.39, 0.29) is 0 Å². The van der Waals surface area contributed by atoms with E-state index in [1.165, 1.54) is 30.4 Å². The minimum Gasteiger partial charge on any atom is -0.491 e. The van der Waals surface area contributed by atoms with Crippen molar-refractivity contribution in [1.82, 2.24) is 0 Å². The van der Waals surface area contributed by atoms with E-state index in [0.717, 1.165) is 12.4 Å². The second kappa shape index (κ2) is 4.02. The molecule has 2 nitrogen and oxygen atoms in total. The van der Waals surface area contributed by atoms with Crippen LogP contribution in [-0.4, -0.2) is 19.3 Å². The van der Waals surface area contributed by atoms with Crippen LogP contribution in [-0.2, 0) is 16.6 Å². The first-order chi connectivity index (χ1) is 8.15. The Morgan fingerprint density at radius 3 is 3.00 bits per heavy atom. The van der Waals surface area contributed by atoms with Crippen molar-refractivity contribution in [1.29, 1.82) is 0 Å². The average Bonchev–Trinajstić information content (AvgIpc) is 3.09. The zero-order valence-corrected chi connectivity index (χ0v) is 10.7. The minimum absolute atomic E-state index is 0.325. The summed E-state index contributed by atoms with van der Waals surface area (Å²) >= 11 is 0. The van der Waals surface area contributed by atoms with Gasteiger partial charge in [0, 0.05) is 0 Å². The third-order valence-electron chi connectivity index (χ3n) is 3.89. The fourth-order valence-corrected chi connectivity index (χ4v) is 2.74. The lowest BCUT2D eigenvalue weighted by Gasteiger charge is -2.32. The number of fused-ring (bicyclic) bond motifs is 1. The molecule has 3 rings (SSSR count). The quantitative estimate of drug-likeness (QED) is 0.747. The Labute approximate surface area is 103 Å². The lowest BCUT2D eigenvalue weighted by Crippen LogP contribution is -2.23. The Morgan fingerprint density at radius 2 is 2.24 bits per heavy atom. The van der Waals surface area contributed by atoms with Crippen LogP contribution in [0.1, 0.15) is 37.8 Å². The van der Waals surface area contributed by atoms with Gasteiger partial charge in [-0.1, -0.05) is 19.9 Å². The molecule has 92 valence electrons. The highest BCUT2D eigenvalue weighted by molar-refractivity contribution is 5.41. The van der Waals surface area contributed by atoms with Crippen LogP contribution in [0.2, 0.25) is 0 Å². The summed E-state index contributed by atoms with van der Waals surface area (Å²) in [4.78, 5) is 0. The molecule has 0 bridgehead atoms. The van der Waals surface area contributed by atoms with Gasteiger partial charge in [-0.2, -0.15) is 0 Å². The summed E-state index contributed by atoms with van der Waals surface area (Å²) in [5.41, 5.74) is 3.29. The van der Waals surface area contributed by atoms with E-state index < -0.39 is 0 Å². The molecule has 1 heterocycles. The van der Waals surface area contributed by atoms with E-state index in [1.807, 2.05) is 0 Å². The molecule has 1 saturated heterocycles. The second-order valence-electron chi connectivity index (χ2n) is 5.82. The third-order valence-corrected chi connectivity index (χ3v) is 3.89. The van der Waals surface area contributed by atoms with Gasteiger partial charge in [-0.05, 0) is 47.9 Å². The monoisotopic (exact) mass is 232 g/mol. The molecule has 1 fully saturated rings. The topological polar surface area (TPSA) is 21.8 Å². The van der Waals surface area contributed by atoms with Crippen LogP contribution in [0, 0.1) is 0 Å². The number of ether oxygens (including phenoxy) is 2. The molecule has 2 heteroatoms. The summed E-state index contributed by atoms with van der Waals surface area (Å²) in [5.74, 6) is 0.997. The number of benzene rings is 1. The Kier molecular flexibility index (Phi) is 2.62. The Balaban J connectivity index is 1.80. The molecule has 1 aromatic carbocycles. The smallest absolute Gasteiger partial charge is 0.119 e. The lowest BCUT2D eigenvalue weighted by atomic mass is 9.73. The van der Waals surface area contributed by atoms with Gasteiger partial charge in [-0.3, -0.25) is 0 Å². The SMILES string of the molecule is CC1(C)CCCc2cc(OC[C@@H]3CO3)ccc21. The van der Waals surface area contributed by atoms with Crippen molar-refractivity contribution in [3.63, 3.8) is 0 Å². The van der Waals surface area contributed by atoms with Gasteiger partial charge in [-0.25, -0.2) is 0 Å². The summed E-state index contributed by atoms with van der Waals surface area (Å²) < 4.78 is 10.9. The maximum Gasteiger partial charge on any atom is 0.119 e. The first-order valence-electron chi connectivity index (χ1n) is 6.53. The largest absolute Gasteiger partial charge is 0.491 e. The van der Waals surface area contributed by atoms with Crippen molar-refractivity contribution in [2.75, 3.05) is 13.2 Å². The van der Waals surface area contributed by atoms with Crippen molar-refractivity contribution in [3.05, 3.63) is 29.3 Å². The molecular formula is C15H20O2. The molecular weight excluding hydrogens is 212 g/mol. The summed E-state index contributed by atoms with van der Waals surface area (Å²) in [7, 11) is 0. The van der Waals surface area contributed by atoms with Crippen LogP contribution in [0.3, 0.4) is 0 Å². The maximum atomic E-state index is 5.74. The van der Waals surface area contributed by atoms with Gasteiger partial charge in [-0.15, -0.1) is 0 Å². The molecule has 0 N–H and O–H groups in total. The summed E-state index contributed by atoms with van der Waals surface area (Å²) in [6, 6.07) is 6.57. The van der Waals surface area contributed by atoms with Gasteiger partial charge < -0.3 is 9.47 Å². The molecule has 0 unspecified atom stereocenters. The lowest BCUT2D eigenvalue weighted by molar-refractivity contribution is 0.262. The predicted molar refractivity (Wildman–Crippen MR) is 67.6 cm³/mol. The number of rotatable bonds is 3. The molecule has 0 aromatic heterocycles. The molecule has 2 aliphatic rings. The van der Waals surface area contributed by atoms with Crippen LogP contribution in [0.4, 0.5) is 0 Å². The van der Waals surface area contributed by atoms with Crippen LogP contribution >= 0.6 is 0 Å². The normalized spacial score (nSPS) is 25.2. The van der Waals surface area contributed by atoms with Crippen molar-refractivity contribution in [2.24, 2.45) is 0 Å². The van der Waals surface area contributed by atoms with Crippen molar-refractivity contribution in [3.8, 4) is 5.75 Å². The summed E-state index contributed by atoms with van der Waals surface area (Å²) in [6.07, 6.45) is 4.10. The van der Waals surface area contributed by atoms with Gasteiger partial charge in [0.25, 0.3) is 0 Å². The van der Waals surface area contributed by atoms with E-state index in [2.05, 4.69) is 32.0 Å². The van der Waals surface area contributed by atoms with Gasteiger partial charge >= 0.3 is 0 Å². The number of hydrogen-bond donors (Lipinski definition) is 0. The van der Waals surface area contributed by atoms with Crippen LogP contribution < -0.4 is 4.74 Å².